The van der Waals surface area contributed by atoms with Crippen LogP contribution in [0.15, 0.2) is 30.6 Å². The summed E-state index contributed by atoms with van der Waals surface area (Å²) >= 11 is 0. The molecule has 0 spiro atoms. The zero-order valence-electron chi connectivity index (χ0n) is 17.4. The largest absolute Gasteiger partial charge is 0.487 e. The number of rotatable bonds is 6. The average Bonchev–Trinajstić information content (AvgIpc) is 3.19. The molecule has 30 heavy (non-hydrogen) atoms. The summed E-state index contributed by atoms with van der Waals surface area (Å²) in [7, 11) is 1.58. The fraction of sp³-hybridized carbons (Fsp3) is 0.455. The highest BCUT2D eigenvalue weighted by atomic mass is 16.5. The molecule has 1 fully saturated rings. The molecule has 2 aliphatic heterocycles. The van der Waals surface area contributed by atoms with Crippen LogP contribution in [0.4, 0.5) is 5.69 Å². The molecule has 1 saturated heterocycles. The van der Waals surface area contributed by atoms with Crippen LogP contribution in [0, 0.1) is 5.92 Å². The zero-order valence-corrected chi connectivity index (χ0v) is 17.4. The Labute approximate surface area is 176 Å². The molecule has 4 rings (SSSR count). The van der Waals surface area contributed by atoms with Crippen LogP contribution in [0.1, 0.15) is 41.5 Å². The Balaban J connectivity index is 1.33. The molecule has 1 unspecified atom stereocenters. The van der Waals surface area contributed by atoms with E-state index in [4.69, 9.17) is 4.74 Å². The monoisotopic (exact) mass is 409 g/mol. The number of hydrogen-bond donors (Lipinski definition) is 2. The summed E-state index contributed by atoms with van der Waals surface area (Å²) in [6, 6.07) is 5.48. The third-order valence-corrected chi connectivity index (χ3v) is 5.72. The predicted molar refractivity (Wildman–Crippen MR) is 112 cm³/mol. The molecule has 8 heteroatoms. The number of fused-ring (bicyclic) bond motifs is 1. The minimum atomic E-state index is -0.214. The molecule has 2 amide bonds. The minimum absolute atomic E-state index is 0.0206. The van der Waals surface area contributed by atoms with E-state index < -0.39 is 0 Å². The summed E-state index contributed by atoms with van der Waals surface area (Å²) < 4.78 is 6.03. The van der Waals surface area contributed by atoms with E-state index in [1.54, 1.807) is 25.4 Å². The van der Waals surface area contributed by atoms with Gasteiger partial charge in [0.2, 0.25) is 5.91 Å². The topological polar surface area (TPSA) is 96.5 Å². The van der Waals surface area contributed by atoms with Gasteiger partial charge in [-0.1, -0.05) is 6.92 Å². The van der Waals surface area contributed by atoms with Crippen LogP contribution in [-0.2, 0) is 17.8 Å². The number of nitrogens with one attached hydrogen (secondary N) is 2. The van der Waals surface area contributed by atoms with E-state index in [1.807, 2.05) is 19.2 Å². The van der Waals surface area contributed by atoms with Gasteiger partial charge < -0.3 is 15.4 Å². The number of pyridine rings is 2. The lowest BCUT2D eigenvalue weighted by Gasteiger charge is -2.24. The highest BCUT2D eigenvalue weighted by Crippen LogP contribution is 2.27. The first-order chi connectivity index (χ1) is 14.6. The molecule has 2 N–H and O–H groups in total. The second kappa shape index (κ2) is 8.79. The molecule has 0 aliphatic carbocycles. The van der Waals surface area contributed by atoms with Gasteiger partial charge in [0, 0.05) is 45.2 Å². The van der Waals surface area contributed by atoms with Gasteiger partial charge in [-0.15, -0.1) is 0 Å². The van der Waals surface area contributed by atoms with Crippen molar-refractivity contribution in [2.75, 3.05) is 25.5 Å². The summed E-state index contributed by atoms with van der Waals surface area (Å²) in [5.41, 5.74) is 3.27. The normalized spacial score (nSPS) is 21.1. The van der Waals surface area contributed by atoms with E-state index >= 15 is 0 Å². The van der Waals surface area contributed by atoms with E-state index in [0.29, 0.717) is 17.9 Å². The van der Waals surface area contributed by atoms with Gasteiger partial charge in [-0.2, -0.15) is 0 Å². The van der Waals surface area contributed by atoms with Crippen LogP contribution in [0.25, 0.3) is 0 Å². The molecule has 4 heterocycles. The maximum Gasteiger partial charge on any atom is 0.269 e. The van der Waals surface area contributed by atoms with Crippen molar-refractivity contribution in [3.63, 3.8) is 0 Å². The van der Waals surface area contributed by atoms with Crippen molar-refractivity contribution < 1.29 is 14.3 Å². The van der Waals surface area contributed by atoms with Crippen LogP contribution in [0.3, 0.4) is 0 Å². The molecule has 0 aromatic carbocycles. The molecule has 2 aliphatic rings. The second-order valence-corrected chi connectivity index (χ2v) is 7.86. The summed E-state index contributed by atoms with van der Waals surface area (Å²) in [5, 5.41) is 5.56. The average molecular weight is 409 g/mol. The SMILES string of the molecule is CCC1Cc2ncc(CN3CC[C@@H](Oc4ccc(C(=O)NC)nc4)C3)cc2NC1=O. The van der Waals surface area contributed by atoms with Gasteiger partial charge in [0.1, 0.15) is 17.5 Å². The van der Waals surface area contributed by atoms with Crippen molar-refractivity contribution >= 4 is 17.5 Å². The summed E-state index contributed by atoms with van der Waals surface area (Å²) in [4.78, 5) is 34.8. The second-order valence-electron chi connectivity index (χ2n) is 7.86. The quantitative estimate of drug-likeness (QED) is 0.758. The van der Waals surface area contributed by atoms with Gasteiger partial charge in [0.05, 0.1) is 17.6 Å². The third kappa shape index (κ3) is 4.43. The van der Waals surface area contributed by atoms with Crippen molar-refractivity contribution in [2.24, 2.45) is 5.92 Å². The van der Waals surface area contributed by atoms with Gasteiger partial charge in [0.25, 0.3) is 5.91 Å². The maximum atomic E-state index is 12.1. The Morgan fingerprint density at radius 1 is 1.33 bits per heavy atom. The van der Waals surface area contributed by atoms with Gasteiger partial charge >= 0.3 is 0 Å². The summed E-state index contributed by atoms with van der Waals surface area (Å²) in [5.74, 6) is 0.564. The van der Waals surface area contributed by atoms with Gasteiger partial charge in [-0.05, 0) is 36.6 Å². The first-order valence-electron chi connectivity index (χ1n) is 10.4. The van der Waals surface area contributed by atoms with E-state index in [2.05, 4.69) is 25.5 Å². The lowest BCUT2D eigenvalue weighted by molar-refractivity contribution is -0.120. The fourth-order valence-corrected chi connectivity index (χ4v) is 3.98. The molecule has 8 nitrogen and oxygen atoms in total. The van der Waals surface area contributed by atoms with Crippen molar-refractivity contribution in [2.45, 2.75) is 38.8 Å². The van der Waals surface area contributed by atoms with Crippen molar-refractivity contribution in [1.82, 2.24) is 20.2 Å². The van der Waals surface area contributed by atoms with Crippen LogP contribution in [0.5, 0.6) is 5.75 Å². The first kappa shape index (κ1) is 20.3. The first-order valence-corrected chi connectivity index (χ1v) is 10.4. The number of amides is 2. The van der Waals surface area contributed by atoms with Crippen molar-refractivity contribution in [3.8, 4) is 5.75 Å². The fourth-order valence-electron chi connectivity index (χ4n) is 3.98. The van der Waals surface area contributed by atoms with E-state index in [-0.39, 0.29) is 23.8 Å². The Bertz CT molecular complexity index is 931. The minimum Gasteiger partial charge on any atom is -0.487 e. The number of carbonyl (C=O) groups excluding carboxylic acids is 2. The number of nitrogens with zero attached hydrogens (tertiary/aromatic N) is 3. The molecular weight excluding hydrogens is 382 g/mol. The molecule has 0 saturated carbocycles. The van der Waals surface area contributed by atoms with Gasteiger partial charge in [-0.25, -0.2) is 4.98 Å². The van der Waals surface area contributed by atoms with Crippen LogP contribution >= 0.6 is 0 Å². The molecule has 2 atom stereocenters. The molecule has 0 radical (unpaired) electrons. The molecule has 0 bridgehead atoms. The van der Waals surface area contributed by atoms with Crippen LogP contribution in [0.2, 0.25) is 0 Å². The molecule has 2 aromatic rings. The van der Waals surface area contributed by atoms with E-state index in [1.165, 1.54) is 0 Å². The number of carbonyl (C=O) groups is 2. The predicted octanol–water partition coefficient (Wildman–Crippen LogP) is 2.01. The van der Waals surface area contributed by atoms with Crippen molar-refractivity contribution in [3.05, 3.63) is 47.5 Å². The third-order valence-electron chi connectivity index (χ3n) is 5.72. The Hall–Kier alpha value is -3.00. The highest BCUT2D eigenvalue weighted by Gasteiger charge is 2.27. The summed E-state index contributed by atoms with van der Waals surface area (Å²) in [6.45, 7) is 4.53. The standard InChI is InChI=1S/C22H27N5O3/c1-3-15-9-19-20(26-21(15)28)8-14(10-24-19)12-27-7-6-17(13-27)30-16-4-5-18(25-11-16)22(29)23-2/h4-5,8,10-11,15,17H,3,6-7,9,12-13H2,1-2H3,(H,23,29)(H,26,28)/t15?,17-/m1/s1. The number of aromatic nitrogens is 2. The Morgan fingerprint density at radius 2 is 2.20 bits per heavy atom. The summed E-state index contributed by atoms with van der Waals surface area (Å²) in [6.07, 6.45) is 6.04. The lowest BCUT2D eigenvalue weighted by atomic mass is 9.94. The Kier molecular flexibility index (Phi) is 5.94. The van der Waals surface area contributed by atoms with Crippen LogP contribution in [-0.4, -0.2) is 52.9 Å². The number of ether oxygens (including phenoxy) is 1. The molecular formula is C22H27N5O3. The van der Waals surface area contributed by atoms with Crippen LogP contribution < -0.4 is 15.4 Å². The highest BCUT2D eigenvalue weighted by molar-refractivity contribution is 5.95. The number of hydrogen-bond acceptors (Lipinski definition) is 6. The maximum absolute atomic E-state index is 12.1. The van der Waals surface area contributed by atoms with E-state index in [0.717, 1.165) is 49.4 Å². The lowest BCUT2D eigenvalue weighted by Crippen LogP contribution is -2.30. The van der Waals surface area contributed by atoms with E-state index in [9.17, 15) is 9.59 Å². The molecule has 158 valence electrons. The van der Waals surface area contributed by atoms with Crippen molar-refractivity contribution in [1.29, 1.82) is 0 Å². The zero-order chi connectivity index (χ0) is 21.1. The number of anilines is 1. The van der Waals surface area contributed by atoms with Gasteiger partial charge in [0.15, 0.2) is 0 Å². The molecule has 2 aromatic heterocycles. The van der Waals surface area contributed by atoms with Gasteiger partial charge in [-0.3, -0.25) is 19.5 Å². The number of likely N-dealkylation sites (tertiary alicyclic amines) is 1. The smallest absolute Gasteiger partial charge is 0.269 e. The Morgan fingerprint density at radius 3 is 2.93 bits per heavy atom.